The average molecular weight is 894 g/mol. The zero-order valence-electron chi connectivity index (χ0n) is 40.6. The monoisotopic (exact) mass is 894 g/mol. The van der Waals surface area contributed by atoms with E-state index in [0.29, 0.717) is 11.6 Å². The van der Waals surface area contributed by atoms with Crippen LogP contribution in [-0.4, -0.2) is 103 Å². The van der Waals surface area contributed by atoms with Gasteiger partial charge in [0.2, 0.25) is 24.3 Å². The number of hydrogen-bond acceptors (Lipinski definition) is 10. The molecule has 27 heteroatoms. The number of hydroxylamine groups is 6. The molecule has 0 aromatic carbocycles. The highest BCUT2D eigenvalue weighted by molar-refractivity contribution is 5.74. The van der Waals surface area contributed by atoms with Crippen molar-refractivity contribution in [3.05, 3.63) is 65.6 Å². The van der Waals surface area contributed by atoms with Crippen LogP contribution in [0.25, 0.3) is 5.48 Å². The fourth-order valence-electron chi connectivity index (χ4n) is 1.39. The highest BCUT2D eigenvalue weighted by atomic mass is 17.2. The first kappa shape index (κ1) is 85.7. The van der Waals surface area contributed by atoms with Gasteiger partial charge in [-0.2, -0.15) is 9.83 Å². The molecule has 0 rings (SSSR count). The fraction of sp³-hybridized carbons (Fsp3) is 0.758. The molecule has 0 heterocycles. The van der Waals surface area contributed by atoms with Crippen LogP contribution in [0.1, 0.15) is 111 Å². The molecule has 0 aliphatic rings. The van der Waals surface area contributed by atoms with Gasteiger partial charge >= 0.3 is 24.5 Å². The van der Waals surface area contributed by atoms with Crippen LogP contribution in [0.5, 0.6) is 0 Å². The summed E-state index contributed by atoms with van der Waals surface area (Å²) in [6, 6.07) is 0. The van der Waals surface area contributed by atoms with Crippen molar-refractivity contribution in [3.63, 3.8) is 0 Å². The van der Waals surface area contributed by atoms with Crippen LogP contribution in [0.2, 0.25) is 0 Å². The summed E-state index contributed by atoms with van der Waals surface area (Å²) in [5.74, 6) is 4.81. The van der Waals surface area contributed by atoms with Gasteiger partial charge in [-0.15, -0.1) is 4.53 Å². The second-order valence-corrected chi connectivity index (χ2v) is 9.99. The summed E-state index contributed by atoms with van der Waals surface area (Å²) in [5, 5.41) is 31.1. The van der Waals surface area contributed by atoms with Crippen molar-refractivity contribution in [2.75, 3.05) is 63.5 Å². The topological polar surface area (TPSA) is 369 Å². The Kier molecular flexibility index (Phi) is 141. The normalized spacial score (nSPS) is 7.08. The zero-order chi connectivity index (χ0) is 50.8. The van der Waals surface area contributed by atoms with E-state index in [0.717, 1.165) is 42.5 Å². The number of rotatable bonds is 8. The minimum Gasteiger partial charge on any atom is -0.463 e. The van der Waals surface area contributed by atoms with Gasteiger partial charge in [-0.3, -0.25) is 10.0 Å². The Hall–Kier alpha value is -6.44. The van der Waals surface area contributed by atoms with Crippen LogP contribution in [0, 0.1) is 60.1 Å². The largest absolute Gasteiger partial charge is 0.463 e. The van der Waals surface area contributed by atoms with Gasteiger partial charge in [0.05, 0.1) is 76.8 Å². The molecule has 60 heavy (non-hydrogen) atoms. The minimum absolute atomic E-state index is 0.449. The molecular weight excluding hydrogens is 812 g/mol. The van der Waals surface area contributed by atoms with Gasteiger partial charge < -0.3 is 14.1 Å². The summed E-state index contributed by atoms with van der Waals surface area (Å²) in [6.45, 7) is 29.5. The van der Waals surface area contributed by atoms with Crippen molar-refractivity contribution in [2.45, 2.75) is 111 Å². The van der Waals surface area contributed by atoms with E-state index in [4.69, 9.17) is 49.0 Å². The molecule has 27 nitrogen and oxygen atoms in total. The smallest absolute Gasteiger partial charge is 0.379 e. The van der Waals surface area contributed by atoms with Crippen LogP contribution in [0.4, 0.5) is 0 Å². The molecule has 0 fully saturated rings. The Bertz CT molecular complexity index is 964. The van der Waals surface area contributed by atoms with E-state index in [-0.39, 0.29) is 0 Å². The molecule has 0 amide bonds. The van der Waals surface area contributed by atoms with E-state index < -0.39 is 0 Å². The summed E-state index contributed by atoms with van der Waals surface area (Å²) in [6.07, 6.45) is 2.00. The third-order valence-corrected chi connectivity index (χ3v) is 2.28. The Morgan fingerprint density at radius 2 is 0.800 bits per heavy atom. The number of carbonyl (C=O) groups excluding carboxylic acids is 6. The Labute approximate surface area is 355 Å². The van der Waals surface area contributed by atoms with Crippen molar-refractivity contribution in [1.29, 1.82) is 0 Å². The van der Waals surface area contributed by atoms with E-state index in [1.165, 1.54) is 14.1 Å². The van der Waals surface area contributed by atoms with E-state index >= 15 is 0 Å². The van der Waals surface area contributed by atoms with E-state index in [1.54, 1.807) is 74.7 Å². The van der Waals surface area contributed by atoms with Crippen molar-refractivity contribution >= 4 is 34.7 Å². The van der Waals surface area contributed by atoms with Crippen molar-refractivity contribution < 1.29 is 42.8 Å². The molecule has 0 bridgehead atoms. The Morgan fingerprint density at radius 1 is 0.550 bits per heavy atom. The van der Waals surface area contributed by atoms with Crippen LogP contribution in [-0.2, 0) is 27.1 Å². The molecule has 0 radical (unpaired) electrons. The van der Waals surface area contributed by atoms with Crippen molar-refractivity contribution in [1.82, 2.24) is 27.4 Å². The molecule has 0 aromatic rings. The molecular formula is C33H81N8O19+7. The number of ketones is 6. The Morgan fingerprint density at radius 3 is 0.800 bits per heavy atom. The molecule has 0 aliphatic carbocycles. The first-order valence-electron chi connectivity index (χ1n) is 16.6. The van der Waals surface area contributed by atoms with Crippen LogP contribution in [0.15, 0.2) is 10.4 Å². The van der Waals surface area contributed by atoms with Gasteiger partial charge in [0.1, 0.15) is 37.9 Å². The Balaban J connectivity index is -0.0000000422. The predicted molar refractivity (Wildman–Crippen MR) is 241 cm³/mol. The van der Waals surface area contributed by atoms with E-state index in [1.807, 2.05) is 94.0 Å². The van der Waals surface area contributed by atoms with Gasteiger partial charge in [0.25, 0.3) is 5.78 Å². The molecule has 0 spiro atoms. The zero-order valence-corrected chi connectivity index (χ0v) is 40.6. The molecule has 0 saturated heterocycles. The van der Waals surface area contributed by atoms with Crippen molar-refractivity contribution in [2.24, 2.45) is 10.4 Å². The van der Waals surface area contributed by atoms with Crippen LogP contribution in [0.3, 0.4) is 0 Å². The second-order valence-electron chi connectivity index (χ2n) is 9.99. The summed E-state index contributed by atoms with van der Waals surface area (Å²) in [4.78, 5) is 33.7. The lowest BCUT2D eigenvalue weighted by Gasteiger charge is -1.91. The highest BCUT2D eigenvalue weighted by Crippen LogP contribution is 1.89. The summed E-state index contributed by atoms with van der Waals surface area (Å²) >= 11 is 0. The number of nitrogens with one attached hydrogen (secondary N) is 5. The molecule has 0 aromatic heterocycles. The summed E-state index contributed by atoms with van der Waals surface area (Å²) < 4.78 is 45.8. The number of nitroso groups, excluding NO2 is 2. The molecule has 360 valence electrons. The standard InChI is InChI=1S/2C6H12O.C4H10NO.C4H9NO.C3H7O2.C3H6O2.2C2H7N2O.2CH4NO2.CH3O2.O3/c2*1-5(2)7-6(3)4;2*1-4(2)6-5-3;2*1-3(2)5-4;2*1-3-5-4-2;2*1-2-4-3;2*1-3-2/h2*1-4H3;5H,1-3H3;1-3H3;4H,1-2H3;1-2H3;2*3H,1-2H3;2*2H,1H3;1H3;/q;;+1;;+1;;5*+1;. The first-order valence-corrected chi connectivity index (χ1v) is 16.6. The fourth-order valence-corrected chi connectivity index (χ4v) is 1.39. The lowest BCUT2D eigenvalue weighted by Crippen LogP contribution is -2.03. The number of nitrogens with zero attached hydrogens (tertiary/aromatic N) is 3. The van der Waals surface area contributed by atoms with Crippen LogP contribution >= 0.6 is 0 Å². The summed E-state index contributed by atoms with van der Waals surface area (Å²) in [5.41, 5.74) is 14.4. The maximum Gasteiger partial charge on any atom is 0.379 e. The molecule has 6 N–H and O–H groups in total. The SMILES string of the molecule is CC(C)=[O+]O.CC(C)=[O+][C-](C)C.CC(C)=[O+][C-](C)C.CC(C)=[O+][O-].CN=[O+]NC.CN=[O+]NC.CN[O+]=C(C)C.CN[O+]=O.CN[O+]=O.C[N-][O+]=C(C)C.C[O+]=O.O=[O+][O-]. The maximum absolute atomic E-state index is 9.09. The third kappa shape index (κ3) is 427. The van der Waals surface area contributed by atoms with Gasteiger partial charge in [0.15, 0.2) is 15.1 Å². The summed E-state index contributed by atoms with van der Waals surface area (Å²) in [7, 11) is 13.6. The quantitative estimate of drug-likeness (QED) is 0.0884. The van der Waals surface area contributed by atoms with Crippen molar-refractivity contribution in [3.8, 4) is 0 Å². The van der Waals surface area contributed by atoms with Crippen LogP contribution < -0.4 is 37.9 Å². The first-order chi connectivity index (χ1) is 27.8. The van der Waals surface area contributed by atoms with Gasteiger partial charge in [-0.25, -0.2) is 0 Å². The predicted octanol–water partition coefficient (Wildman–Crippen LogP) is 3.42. The highest BCUT2D eigenvalue weighted by Gasteiger charge is 1.89. The maximum atomic E-state index is 9.09. The average Bonchev–Trinajstić information content (AvgIpc) is 3.13. The minimum atomic E-state index is 0.449. The van der Waals surface area contributed by atoms with Gasteiger partial charge in [0, 0.05) is 43.3 Å². The van der Waals surface area contributed by atoms with Gasteiger partial charge in [-0.1, -0.05) is 22.7 Å². The molecule has 0 atom stereocenters. The molecule has 0 unspecified atom stereocenters. The van der Waals surface area contributed by atoms with E-state index in [9.17, 15) is 0 Å². The van der Waals surface area contributed by atoms with Gasteiger partial charge in [-0.05, 0) is 66.4 Å². The number of hydrogen-bond donors (Lipinski definition) is 6. The van der Waals surface area contributed by atoms with E-state index in [2.05, 4.69) is 69.2 Å². The molecule has 0 aliphatic heterocycles. The molecule has 0 saturated carbocycles. The lowest BCUT2D eigenvalue weighted by molar-refractivity contribution is -1.05. The second kappa shape index (κ2) is 99.0. The lowest BCUT2D eigenvalue weighted by atomic mass is 10.5. The third-order valence-electron chi connectivity index (χ3n) is 2.28.